The zero-order valence-corrected chi connectivity index (χ0v) is 11.9. The predicted octanol–water partition coefficient (Wildman–Crippen LogP) is 1.61. The fourth-order valence-electron chi connectivity index (χ4n) is 2.29. The Balaban J connectivity index is 2.07. The van der Waals surface area contributed by atoms with Gasteiger partial charge in [-0.25, -0.2) is 0 Å². The van der Waals surface area contributed by atoms with Crippen LogP contribution in [0, 0.1) is 0 Å². The normalized spacial score (nSPS) is 13.8. The van der Waals surface area contributed by atoms with Crippen LogP contribution in [0.4, 0.5) is 5.69 Å². The number of anilines is 1. The first-order chi connectivity index (χ1) is 9.69. The minimum absolute atomic E-state index is 0.427. The molecule has 0 atom stereocenters. The Hall–Kier alpha value is -1.88. The minimum Gasteiger partial charge on any atom is -0.497 e. The number of carbonyl (C=O) groups excluding carboxylic acids is 2. The Labute approximate surface area is 118 Å². The van der Waals surface area contributed by atoms with Gasteiger partial charge in [0.1, 0.15) is 5.75 Å². The number of fused-ring (bicyclic) bond motifs is 1. The van der Waals surface area contributed by atoms with Gasteiger partial charge in [-0.2, -0.15) is 0 Å². The maximum atomic E-state index is 12.0. The van der Waals surface area contributed by atoms with E-state index >= 15 is 0 Å². The number of nitrogens with zero attached hydrogens (tertiary/aromatic N) is 1. The van der Waals surface area contributed by atoms with Crippen LogP contribution < -0.4 is 15.0 Å². The van der Waals surface area contributed by atoms with Crippen LogP contribution in [0.15, 0.2) is 18.2 Å². The molecule has 1 heterocycles. The number of carbonyl (C=O) groups is 2. The third kappa shape index (κ3) is 2.82. The lowest BCUT2D eigenvalue weighted by Gasteiger charge is -2.17. The van der Waals surface area contributed by atoms with E-state index in [2.05, 4.69) is 12.2 Å². The molecule has 0 bridgehead atoms. The maximum absolute atomic E-state index is 12.0. The summed E-state index contributed by atoms with van der Waals surface area (Å²) < 4.78 is 5.15. The third-order valence-corrected chi connectivity index (χ3v) is 3.34. The highest BCUT2D eigenvalue weighted by atomic mass is 16.5. The van der Waals surface area contributed by atoms with E-state index in [0.29, 0.717) is 23.5 Å². The maximum Gasteiger partial charge on any atom is 0.299 e. The van der Waals surface area contributed by atoms with Gasteiger partial charge >= 0.3 is 0 Å². The molecule has 1 amide bonds. The second-order valence-electron chi connectivity index (χ2n) is 4.77. The quantitative estimate of drug-likeness (QED) is 0.607. The largest absolute Gasteiger partial charge is 0.497 e. The summed E-state index contributed by atoms with van der Waals surface area (Å²) in [6.45, 7) is 4.46. The van der Waals surface area contributed by atoms with Crippen LogP contribution >= 0.6 is 0 Å². The molecule has 1 aliphatic rings. The van der Waals surface area contributed by atoms with Gasteiger partial charge in [0.05, 0.1) is 18.4 Å². The van der Waals surface area contributed by atoms with Crippen LogP contribution in [-0.4, -0.2) is 38.4 Å². The van der Waals surface area contributed by atoms with Crippen LogP contribution in [0.3, 0.4) is 0 Å². The van der Waals surface area contributed by atoms with Gasteiger partial charge < -0.3 is 15.0 Å². The van der Waals surface area contributed by atoms with Crippen LogP contribution in [0.5, 0.6) is 5.75 Å². The molecular formula is C15H20N2O3. The molecule has 1 aliphatic heterocycles. The molecule has 0 saturated carbocycles. The topological polar surface area (TPSA) is 58.6 Å². The van der Waals surface area contributed by atoms with Crippen molar-refractivity contribution in [3.8, 4) is 5.75 Å². The lowest BCUT2D eigenvalue weighted by Crippen LogP contribution is -2.32. The predicted molar refractivity (Wildman–Crippen MR) is 77.5 cm³/mol. The van der Waals surface area contributed by atoms with E-state index in [9.17, 15) is 9.59 Å². The fraction of sp³-hybridized carbons (Fsp3) is 0.467. The Kier molecular flexibility index (Phi) is 4.74. The summed E-state index contributed by atoms with van der Waals surface area (Å²) in [5, 5.41) is 3.28. The molecule has 2 rings (SSSR count). The number of amides is 1. The van der Waals surface area contributed by atoms with Crippen molar-refractivity contribution in [1.29, 1.82) is 0 Å². The van der Waals surface area contributed by atoms with Crippen molar-refractivity contribution in [2.45, 2.75) is 19.8 Å². The van der Waals surface area contributed by atoms with Gasteiger partial charge in [-0.05, 0) is 38.1 Å². The van der Waals surface area contributed by atoms with E-state index in [1.165, 1.54) is 0 Å². The SMILES string of the molecule is CCCNCCCN1C(=O)C(=O)c2ccc(OC)cc21. The van der Waals surface area contributed by atoms with Crippen LogP contribution in [0.1, 0.15) is 30.1 Å². The number of rotatable bonds is 7. The Morgan fingerprint density at radius 3 is 2.75 bits per heavy atom. The molecule has 0 fully saturated rings. The summed E-state index contributed by atoms with van der Waals surface area (Å²) in [6, 6.07) is 5.11. The number of benzene rings is 1. The molecule has 1 aromatic rings. The van der Waals surface area contributed by atoms with E-state index < -0.39 is 11.7 Å². The molecule has 108 valence electrons. The van der Waals surface area contributed by atoms with Crippen molar-refractivity contribution in [3.05, 3.63) is 23.8 Å². The average Bonchev–Trinajstić information content (AvgIpc) is 2.71. The Morgan fingerprint density at radius 2 is 2.05 bits per heavy atom. The van der Waals surface area contributed by atoms with Gasteiger partial charge in [-0.1, -0.05) is 6.92 Å². The molecule has 1 N–H and O–H groups in total. The Morgan fingerprint density at radius 1 is 1.25 bits per heavy atom. The van der Waals surface area contributed by atoms with E-state index in [1.807, 2.05) is 0 Å². The summed E-state index contributed by atoms with van der Waals surface area (Å²) in [5.74, 6) is -0.215. The molecule has 0 unspecified atom stereocenters. The molecule has 0 aromatic heterocycles. The van der Waals surface area contributed by atoms with Gasteiger partial charge in [0.2, 0.25) is 0 Å². The van der Waals surface area contributed by atoms with Gasteiger partial charge in [-0.15, -0.1) is 0 Å². The summed E-state index contributed by atoms with van der Waals surface area (Å²) in [6.07, 6.45) is 1.90. The number of Topliss-reactive ketones (excluding diaryl/α,β-unsaturated/α-hetero) is 1. The summed E-state index contributed by atoms with van der Waals surface area (Å²) in [5.41, 5.74) is 1.13. The molecule has 0 spiro atoms. The van der Waals surface area contributed by atoms with Crippen molar-refractivity contribution in [2.24, 2.45) is 0 Å². The number of hydrogen-bond donors (Lipinski definition) is 1. The summed E-state index contributed by atoms with van der Waals surface area (Å²) in [4.78, 5) is 25.4. The second kappa shape index (κ2) is 6.52. The van der Waals surface area contributed by atoms with Crippen LogP contribution in [0.2, 0.25) is 0 Å². The first-order valence-corrected chi connectivity index (χ1v) is 6.94. The number of hydrogen-bond acceptors (Lipinski definition) is 4. The number of methoxy groups -OCH3 is 1. The average molecular weight is 276 g/mol. The Bertz CT molecular complexity index is 514. The van der Waals surface area contributed by atoms with Crippen LogP contribution in [-0.2, 0) is 4.79 Å². The van der Waals surface area contributed by atoms with E-state index in [4.69, 9.17) is 4.74 Å². The van der Waals surface area contributed by atoms with Gasteiger partial charge in [-0.3, -0.25) is 9.59 Å². The molecule has 5 heteroatoms. The van der Waals surface area contributed by atoms with Crippen molar-refractivity contribution in [3.63, 3.8) is 0 Å². The molecule has 0 saturated heterocycles. The first-order valence-electron chi connectivity index (χ1n) is 6.94. The highest BCUT2D eigenvalue weighted by molar-refractivity contribution is 6.52. The minimum atomic E-state index is -0.441. The zero-order valence-electron chi connectivity index (χ0n) is 11.9. The lowest BCUT2D eigenvalue weighted by atomic mass is 10.1. The van der Waals surface area contributed by atoms with Gasteiger partial charge in [0, 0.05) is 12.6 Å². The summed E-state index contributed by atoms with van der Waals surface area (Å²) in [7, 11) is 1.57. The van der Waals surface area contributed by atoms with E-state index in [-0.39, 0.29) is 0 Å². The molecule has 0 aliphatic carbocycles. The van der Waals surface area contributed by atoms with E-state index in [0.717, 1.165) is 25.9 Å². The summed E-state index contributed by atoms with van der Waals surface area (Å²) >= 11 is 0. The monoisotopic (exact) mass is 276 g/mol. The number of ketones is 1. The van der Waals surface area contributed by atoms with Gasteiger partial charge in [0.25, 0.3) is 11.7 Å². The highest BCUT2D eigenvalue weighted by Crippen LogP contribution is 2.32. The fourth-order valence-corrected chi connectivity index (χ4v) is 2.29. The highest BCUT2D eigenvalue weighted by Gasteiger charge is 2.35. The second-order valence-corrected chi connectivity index (χ2v) is 4.77. The van der Waals surface area contributed by atoms with Crippen molar-refractivity contribution in [2.75, 3.05) is 31.6 Å². The van der Waals surface area contributed by atoms with Crippen molar-refractivity contribution in [1.82, 2.24) is 5.32 Å². The van der Waals surface area contributed by atoms with Crippen molar-refractivity contribution >= 4 is 17.4 Å². The zero-order chi connectivity index (χ0) is 14.5. The third-order valence-electron chi connectivity index (χ3n) is 3.34. The molecule has 1 aromatic carbocycles. The van der Waals surface area contributed by atoms with Gasteiger partial charge in [0.15, 0.2) is 0 Å². The smallest absolute Gasteiger partial charge is 0.299 e. The van der Waals surface area contributed by atoms with E-state index in [1.54, 1.807) is 30.2 Å². The van der Waals surface area contributed by atoms with Crippen molar-refractivity contribution < 1.29 is 14.3 Å². The van der Waals surface area contributed by atoms with Crippen LogP contribution in [0.25, 0.3) is 0 Å². The first kappa shape index (κ1) is 14.5. The number of ether oxygens (including phenoxy) is 1. The molecule has 5 nitrogen and oxygen atoms in total. The standard InChI is InChI=1S/C15H20N2O3/c1-3-7-16-8-4-9-17-13-10-11(20-2)5-6-12(13)14(18)15(17)19/h5-6,10,16H,3-4,7-9H2,1-2H3. The number of nitrogens with one attached hydrogen (secondary N) is 1. The lowest BCUT2D eigenvalue weighted by molar-refractivity contribution is -0.114. The molecular weight excluding hydrogens is 256 g/mol. The molecule has 0 radical (unpaired) electrons. The molecule has 20 heavy (non-hydrogen) atoms.